The highest BCUT2D eigenvalue weighted by atomic mass is 32.1. The molecule has 1 aliphatic rings. The van der Waals surface area contributed by atoms with E-state index >= 15 is 0 Å². The summed E-state index contributed by atoms with van der Waals surface area (Å²) in [4.78, 5) is 16.2. The zero-order valence-electron chi connectivity index (χ0n) is 24.6. The highest BCUT2D eigenvalue weighted by Crippen LogP contribution is 2.42. The molecule has 0 unspecified atom stereocenters. The van der Waals surface area contributed by atoms with Gasteiger partial charge in [-0.3, -0.25) is 5.32 Å². The van der Waals surface area contributed by atoms with E-state index in [1.165, 1.54) is 0 Å². The van der Waals surface area contributed by atoms with Gasteiger partial charge in [-0.2, -0.15) is 4.99 Å². The van der Waals surface area contributed by atoms with Gasteiger partial charge in [-0.25, -0.2) is 9.97 Å². The van der Waals surface area contributed by atoms with Crippen LogP contribution in [0.25, 0.3) is 0 Å². The van der Waals surface area contributed by atoms with Gasteiger partial charge in [0.1, 0.15) is 5.60 Å². The number of aliphatic hydroxyl groups is 1. The summed E-state index contributed by atoms with van der Waals surface area (Å²) < 4.78 is 0. The molecule has 1 aromatic heterocycles. The van der Waals surface area contributed by atoms with Crippen molar-refractivity contribution in [1.82, 2.24) is 14.9 Å². The van der Waals surface area contributed by atoms with Gasteiger partial charge in [0, 0.05) is 30.2 Å². The molecule has 5 rings (SSSR count). The monoisotopic (exact) mass is 578 g/mol. The summed E-state index contributed by atoms with van der Waals surface area (Å²) in [5, 5.41) is 19.3. The maximum Gasteiger partial charge on any atom is 0.229 e. The Kier molecular flexibility index (Phi) is 8.94. The lowest BCUT2D eigenvalue weighted by Crippen LogP contribution is -2.48. The molecule has 1 fully saturated rings. The molecule has 8 heteroatoms. The largest absolute Gasteiger partial charge is 0.380 e. The number of thiocarbonyl (C=S) groups is 1. The SMILES string of the molecule is Cc1ccc(C)c(NC(=S)/N=C(/Nc2nc(C)cc(C)n2)N2CCC(C(O)(c3ccccc3)c3ccccc3)CC2)c1. The number of aromatic nitrogens is 2. The molecule has 0 amide bonds. The van der Waals surface area contributed by atoms with E-state index in [0.29, 0.717) is 30.1 Å². The number of likely N-dealkylation sites (tertiary alicyclic amines) is 1. The molecule has 3 N–H and O–H groups in total. The van der Waals surface area contributed by atoms with E-state index < -0.39 is 5.60 Å². The van der Waals surface area contributed by atoms with Gasteiger partial charge < -0.3 is 15.3 Å². The van der Waals surface area contributed by atoms with Crippen LogP contribution in [0.2, 0.25) is 0 Å². The van der Waals surface area contributed by atoms with Crippen LogP contribution < -0.4 is 10.6 Å². The molecule has 3 aromatic carbocycles. The maximum absolute atomic E-state index is 12.3. The number of nitrogens with one attached hydrogen (secondary N) is 2. The second kappa shape index (κ2) is 12.8. The Labute approximate surface area is 253 Å². The van der Waals surface area contributed by atoms with Gasteiger partial charge >= 0.3 is 0 Å². The van der Waals surface area contributed by atoms with E-state index in [4.69, 9.17) is 17.2 Å². The summed E-state index contributed by atoms with van der Waals surface area (Å²) in [6.45, 7) is 9.34. The second-order valence-corrected chi connectivity index (χ2v) is 11.4. The zero-order valence-corrected chi connectivity index (χ0v) is 25.4. The van der Waals surface area contributed by atoms with Crippen molar-refractivity contribution in [2.45, 2.75) is 46.1 Å². The fourth-order valence-corrected chi connectivity index (χ4v) is 5.90. The topological polar surface area (TPSA) is 85.7 Å². The Morgan fingerprint density at radius 3 is 1.98 bits per heavy atom. The summed E-state index contributed by atoms with van der Waals surface area (Å²) in [5.74, 6) is 1.08. The molecule has 7 nitrogen and oxygen atoms in total. The number of aryl methyl sites for hydroxylation is 4. The molecule has 1 saturated heterocycles. The van der Waals surface area contributed by atoms with E-state index in [9.17, 15) is 5.11 Å². The first-order valence-corrected chi connectivity index (χ1v) is 14.8. The molecule has 2 heterocycles. The molecule has 4 aromatic rings. The van der Waals surface area contributed by atoms with Crippen LogP contribution in [-0.4, -0.2) is 44.1 Å². The predicted molar refractivity (Wildman–Crippen MR) is 175 cm³/mol. The Morgan fingerprint density at radius 2 is 1.40 bits per heavy atom. The molecule has 0 atom stereocenters. The molecule has 1 aliphatic heterocycles. The fourth-order valence-electron chi connectivity index (χ4n) is 5.70. The second-order valence-electron chi connectivity index (χ2n) is 11.0. The Morgan fingerprint density at radius 1 is 0.833 bits per heavy atom. The van der Waals surface area contributed by atoms with Crippen molar-refractivity contribution >= 4 is 34.9 Å². The van der Waals surface area contributed by atoms with Gasteiger partial charge in [-0.15, -0.1) is 0 Å². The summed E-state index contributed by atoms with van der Waals surface area (Å²) in [7, 11) is 0. The normalized spacial score (nSPS) is 14.5. The minimum Gasteiger partial charge on any atom is -0.380 e. The highest BCUT2D eigenvalue weighted by molar-refractivity contribution is 7.80. The fraction of sp³-hybridized carbons (Fsp3) is 0.294. The van der Waals surface area contributed by atoms with Crippen LogP contribution in [0.15, 0.2) is 89.9 Å². The van der Waals surface area contributed by atoms with E-state index in [2.05, 4.69) is 50.6 Å². The van der Waals surface area contributed by atoms with E-state index in [1.54, 1.807) is 0 Å². The molecule has 216 valence electrons. The van der Waals surface area contributed by atoms with Crippen LogP contribution in [-0.2, 0) is 5.60 Å². The van der Waals surface area contributed by atoms with Crippen molar-refractivity contribution in [3.05, 3.63) is 119 Å². The van der Waals surface area contributed by atoms with Gasteiger partial charge in [-0.1, -0.05) is 72.8 Å². The molecular weight excluding hydrogens is 540 g/mol. The van der Waals surface area contributed by atoms with Gasteiger partial charge in [-0.05, 0) is 93.1 Å². The Hall–Kier alpha value is -4.14. The van der Waals surface area contributed by atoms with Crippen molar-refractivity contribution < 1.29 is 5.11 Å². The molecule has 0 saturated carbocycles. The number of anilines is 2. The van der Waals surface area contributed by atoms with Crippen LogP contribution in [0.4, 0.5) is 11.6 Å². The number of aliphatic imine (C=N–C) groups is 1. The van der Waals surface area contributed by atoms with Crippen LogP contribution >= 0.6 is 12.2 Å². The lowest BCUT2D eigenvalue weighted by atomic mass is 9.72. The van der Waals surface area contributed by atoms with Crippen molar-refractivity contribution in [2.24, 2.45) is 10.9 Å². The first kappa shape index (κ1) is 29.4. The maximum atomic E-state index is 12.3. The predicted octanol–water partition coefficient (Wildman–Crippen LogP) is 6.52. The number of rotatable bonds is 5. The van der Waals surface area contributed by atoms with E-state index in [0.717, 1.165) is 52.2 Å². The van der Waals surface area contributed by atoms with Crippen LogP contribution in [0.1, 0.15) is 46.5 Å². The summed E-state index contributed by atoms with van der Waals surface area (Å²) in [5.41, 5.74) is 5.62. The summed E-state index contributed by atoms with van der Waals surface area (Å²) in [6.07, 6.45) is 1.51. The lowest BCUT2D eigenvalue weighted by molar-refractivity contribution is -0.00653. The van der Waals surface area contributed by atoms with Crippen LogP contribution in [0.3, 0.4) is 0 Å². The summed E-state index contributed by atoms with van der Waals surface area (Å²) in [6, 6.07) is 28.1. The quantitative estimate of drug-likeness (QED) is 0.141. The summed E-state index contributed by atoms with van der Waals surface area (Å²) >= 11 is 5.72. The smallest absolute Gasteiger partial charge is 0.229 e. The molecule has 0 aliphatic carbocycles. The lowest BCUT2D eigenvalue weighted by Gasteiger charge is -2.43. The van der Waals surface area contributed by atoms with Crippen molar-refractivity contribution in [3.8, 4) is 0 Å². The molecule has 0 radical (unpaired) electrons. The van der Waals surface area contributed by atoms with Gasteiger partial charge in [0.2, 0.25) is 17.0 Å². The number of hydrogen-bond acceptors (Lipinski definition) is 4. The van der Waals surface area contributed by atoms with Gasteiger partial charge in [0.15, 0.2) is 0 Å². The molecule has 0 bridgehead atoms. The van der Waals surface area contributed by atoms with E-state index in [-0.39, 0.29) is 5.92 Å². The van der Waals surface area contributed by atoms with E-state index in [1.807, 2.05) is 87.5 Å². The van der Waals surface area contributed by atoms with Gasteiger partial charge in [0.25, 0.3) is 0 Å². The third kappa shape index (κ3) is 6.66. The number of hydrogen-bond donors (Lipinski definition) is 3. The van der Waals surface area contributed by atoms with Gasteiger partial charge in [0.05, 0.1) is 0 Å². The molecule has 0 spiro atoms. The average Bonchev–Trinajstić information content (AvgIpc) is 2.99. The zero-order chi connectivity index (χ0) is 29.7. The number of guanidine groups is 1. The first-order valence-electron chi connectivity index (χ1n) is 14.4. The van der Waals surface area contributed by atoms with Crippen molar-refractivity contribution in [3.63, 3.8) is 0 Å². The number of benzene rings is 3. The van der Waals surface area contributed by atoms with Crippen LogP contribution in [0.5, 0.6) is 0 Å². The Balaban J connectivity index is 1.42. The molecular formula is C34H38N6OS. The van der Waals surface area contributed by atoms with Crippen molar-refractivity contribution in [2.75, 3.05) is 23.7 Å². The van der Waals surface area contributed by atoms with Crippen LogP contribution in [0, 0.1) is 33.6 Å². The standard InChI is InChI=1S/C34H38N6OS/c1-23-15-16-24(2)30(21-23)37-33(42)39-32(38-31-35-25(3)22-26(4)36-31)40-19-17-29(18-20-40)34(41,27-11-7-5-8-12-27)28-13-9-6-10-14-28/h5-16,21-22,29,41H,17-20H2,1-4H3,(H2,35,36,37,38,39,42). The number of piperidine rings is 1. The number of nitrogens with zero attached hydrogens (tertiary/aromatic N) is 4. The third-order valence-corrected chi connectivity index (χ3v) is 8.05. The highest BCUT2D eigenvalue weighted by Gasteiger charge is 2.42. The van der Waals surface area contributed by atoms with Crippen molar-refractivity contribution in [1.29, 1.82) is 0 Å². The minimum atomic E-state index is -1.10. The first-order chi connectivity index (χ1) is 20.2. The average molecular weight is 579 g/mol. The molecule has 42 heavy (non-hydrogen) atoms. The minimum absolute atomic E-state index is 0.0114. The third-order valence-electron chi connectivity index (χ3n) is 7.86. The Bertz CT molecular complexity index is 1510.